The molecule has 1 aliphatic rings. The Balaban J connectivity index is 1.34. The highest BCUT2D eigenvalue weighted by atomic mass is 16.5. The van der Waals surface area contributed by atoms with Gasteiger partial charge in [0, 0.05) is 43.4 Å². The van der Waals surface area contributed by atoms with Crippen LogP contribution in [0.4, 0.5) is 5.69 Å². The number of H-pyrrole nitrogens is 1. The Morgan fingerprint density at radius 3 is 2.83 bits per heavy atom. The largest absolute Gasteiger partial charge is 0.461 e. The lowest BCUT2D eigenvalue weighted by Crippen LogP contribution is -2.35. The van der Waals surface area contributed by atoms with E-state index in [4.69, 9.17) is 14.7 Å². The minimum Gasteiger partial charge on any atom is -0.461 e. The van der Waals surface area contributed by atoms with Gasteiger partial charge in [0.15, 0.2) is 5.76 Å². The summed E-state index contributed by atoms with van der Waals surface area (Å²) in [6.45, 7) is 1.89. The minimum atomic E-state index is -0.108. The molecule has 0 fully saturated rings. The molecule has 1 aliphatic heterocycles. The summed E-state index contributed by atoms with van der Waals surface area (Å²) in [6, 6.07) is 12.8. The number of hydrogen-bond acceptors (Lipinski definition) is 7. The Morgan fingerprint density at radius 2 is 2.03 bits per heavy atom. The molecule has 5 rings (SSSR count). The zero-order valence-electron chi connectivity index (χ0n) is 15.6. The molecule has 8 nitrogen and oxygen atoms in total. The highest BCUT2D eigenvalue weighted by molar-refractivity contribution is 5.58. The van der Waals surface area contributed by atoms with Gasteiger partial charge in [-0.3, -0.25) is 9.69 Å². The number of rotatable bonds is 4. The van der Waals surface area contributed by atoms with Gasteiger partial charge in [-0.2, -0.15) is 0 Å². The van der Waals surface area contributed by atoms with Gasteiger partial charge in [-0.1, -0.05) is 5.16 Å². The van der Waals surface area contributed by atoms with Gasteiger partial charge >= 0.3 is 0 Å². The first kappa shape index (κ1) is 17.4. The van der Waals surface area contributed by atoms with Crippen molar-refractivity contribution in [1.29, 1.82) is 0 Å². The first-order valence-corrected chi connectivity index (χ1v) is 9.35. The van der Waals surface area contributed by atoms with E-state index in [0.29, 0.717) is 48.1 Å². The second-order valence-electron chi connectivity index (χ2n) is 7.08. The topological polar surface area (TPSA) is 114 Å². The van der Waals surface area contributed by atoms with Crippen molar-refractivity contribution in [2.24, 2.45) is 0 Å². The molecule has 8 heteroatoms. The standard InChI is InChI=1S/C21H19N5O3/c22-14-5-3-13(4-6-14)20-23-17-7-8-26(12-16(17)21(27)24-20)11-15-10-19(29-25-15)18-2-1-9-28-18/h1-6,9-10H,7-8,11-12,22H2,(H,23,24,27). The van der Waals surface area contributed by atoms with Gasteiger partial charge in [0.25, 0.3) is 5.56 Å². The van der Waals surface area contributed by atoms with Gasteiger partial charge in [-0.15, -0.1) is 0 Å². The average Bonchev–Trinajstić information content (AvgIpc) is 3.41. The lowest BCUT2D eigenvalue weighted by molar-refractivity contribution is 0.234. The summed E-state index contributed by atoms with van der Waals surface area (Å²) in [7, 11) is 0. The van der Waals surface area contributed by atoms with E-state index >= 15 is 0 Å². The van der Waals surface area contributed by atoms with Crippen molar-refractivity contribution < 1.29 is 8.94 Å². The Hall–Kier alpha value is -3.65. The van der Waals surface area contributed by atoms with Gasteiger partial charge in [0.1, 0.15) is 5.82 Å². The summed E-state index contributed by atoms with van der Waals surface area (Å²) in [4.78, 5) is 22.4. The maximum Gasteiger partial charge on any atom is 0.255 e. The van der Waals surface area contributed by atoms with Crippen LogP contribution >= 0.6 is 0 Å². The number of hydrogen-bond donors (Lipinski definition) is 2. The number of nitrogens with two attached hydrogens (primary N) is 1. The third kappa shape index (κ3) is 3.45. The van der Waals surface area contributed by atoms with Crippen LogP contribution in [-0.4, -0.2) is 26.6 Å². The fourth-order valence-corrected chi connectivity index (χ4v) is 3.54. The monoisotopic (exact) mass is 389 g/mol. The number of aromatic nitrogens is 3. The molecule has 0 amide bonds. The van der Waals surface area contributed by atoms with E-state index in [1.807, 2.05) is 24.3 Å². The van der Waals surface area contributed by atoms with Crippen LogP contribution in [0.25, 0.3) is 22.9 Å². The Bertz CT molecular complexity index is 1190. The number of fused-ring (bicyclic) bond motifs is 1. The fraction of sp³-hybridized carbons (Fsp3) is 0.190. The first-order chi connectivity index (χ1) is 14.2. The van der Waals surface area contributed by atoms with E-state index in [1.54, 1.807) is 24.5 Å². The molecule has 3 aromatic heterocycles. The quantitative estimate of drug-likeness (QED) is 0.516. The van der Waals surface area contributed by atoms with Gasteiger partial charge in [-0.25, -0.2) is 4.98 Å². The van der Waals surface area contributed by atoms with Gasteiger partial charge in [0.05, 0.1) is 23.2 Å². The maximum absolute atomic E-state index is 12.7. The molecule has 3 N–H and O–H groups in total. The van der Waals surface area contributed by atoms with Crippen molar-refractivity contribution in [2.75, 3.05) is 12.3 Å². The summed E-state index contributed by atoms with van der Waals surface area (Å²) in [5.41, 5.74) is 9.48. The van der Waals surface area contributed by atoms with Crippen molar-refractivity contribution >= 4 is 5.69 Å². The van der Waals surface area contributed by atoms with Crippen LogP contribution in [-0.2, 0) is 19.5 Å². The fourth-order valence-electron chi connectivity index (χ4n) is 3.54. The SMILES string of the molecule is Nc1ccc(-c2nc3c(c(=O)[nH]2)CN(Cc2cc(-c4ccco4)on2)CC3)cc1. The van der Waals surface area contributed by atoms with Crippen LogP contribution in [0.3, 0.4) is 0 Å². The van der Waals surface area contributed by atoms with Gasteiger partial charge in [-0.05, 0) is 36.4 Å². The molecule has 0 spiro atoms. The molecule has 1 aromatic carbocycles. The van der Waals surface area contributed by atoms with E-state index in [2.05, 4.69) is 20.0 Å². The molecular formula is C21H19N5O3. The first-order valence-electron chi connectivity index (χ1n) is 9.35. The minimum absolute atomic E-state index is 0.108. The second kappa shape index (κ2) is 7.06. The molecule has 0 saturated heterocycles. The second-order valence-corrected chi connectivity index (χ2v) is 7.08. The third-order valence-electron chi connectivity index (χ3n) is 5.04. The van der Waals surface area contributed by atoms with Crippen LogP contribution in [0.1, 0.15) is 17.0 Å². The van der Waals surface area contributed by atoms with E-state index in [0.717, 1.165) is 23.5 Å². The predicted octanol–water partition coefficient (Wildman–Crippen LogP) is 2.83. The Kier molecular flexibility index (Phi) is 4.25. The Labute approximate surface area is 166 Å². The highest BCUT2D eigenvalue weighted by Crippen LogP contribution is 2.23. The molecule has 4 heterocycles. The summed E-state index contributed by atoms with van der Waals surface area (Å²) < 4.78 is 10.7. The zero-order valence-corrected chi connectivity index (χ0v) is 15.6. The number of nitrogens with one attached hydrogen (secondary N) is 1. The smallest absolute Gasteiger partial charge is 0.255 e. The normalized spacial score (nSPS) is 14.1. The van der Waals surface area contributed by atoms with Crippen LogP contribution in [0.5, 0.6) is 0 Å². The zero-order chi connectivity index (χ0) is 19.8. The van der Waals surface area contributed by atoms with Crippen molar-refractivity contribution in [3.8, 4) is 22.9 Å². The summed E-state index contributed by atoms with van der Waals surface area (Å²) >= 11 is 0. The van der Waals surface area contributed by atoms with Crippen LogP contribution < -0.4 is 11.3 Å². The van der Waals surface area contributed by atoms with Crippen LogP contribution in [0, 0.1) is 0 Å². The molecule has 0 aliphatic carbocycles. The summed E-state index contributed by atoms with van der Waals surface area (Å²) in [5, 5.41) is 4.12. The van der Waals surface area contributed by atoms with Gasteiger partial charge in [0.2, 0.25) is 5.76 Å². The van der Waals surface area contributed by atoms with Crippen molar-refractivity contribution in [3.63, 3.8) is 0 Å². The van der Waals surface area contributed by atoms with E-state index in [-0.39, 0.29) is 5.56 Å². The van der Waals surface area contributed by atoms with Crippen LogP contribution in [0.2, 0.25) is 0 Å². The number of benzene rings is 1. The molecule has 4 aromatic rings. The lowest BCUT2D eigenvalue weighted by Gasteiger charge is -2.26. The molecule has 0 saturated carbocycles. The number of aromatic amines is 1. The number of anilines is 1. The van der Waals surface area contributed by atoms with Crippen molar-refractivity contribution in [2.45, 2.75) is 19.5 Å². The highest BCUT2D eigenvalue weighted by Gasteiger charge is 2.23. The summed E-state index contributed by atoms with van der Waals surface area (Å²) in [6.07, 6.45) is 2.29. The van der Waals surface area contributed by atoms with Crippen molar-refractivity contribution in [1.82, 2.24) is 20.0 Å². The number of nitrogen functional groups attached to an aromatic ring is 1. The number of furan rings is 1. The van der Waals surface area contributed by atoms with Crippen molar-refractivity contribution in [3.05, 3.63) is 76.0 Å². The molecule has 146 valence electrons. The molecule has 29 heavy (non-hydrogen) atoms. The molecule has 0 atom stereocenters. The van der Waals surface area contributed by atoms with E-state index in [1.165, 1.54) is 0 Å². The average molecular weight is 389 g/mol. The third-order valence-corrected chi connectivity index (χ3v) is 5.04. The lowest BCUT2D eigenvalue weighted by atomic mass is 10.1. The van der Waals surface area contributed by atoms with E-state index in [9.17, 15) is 4.79 Å². The molecule has 0 bridgehead atoms. The molecular weight excluding hydrogens is 370 g/mol. The maximum atomic E-state index is 12.7. The van der Waals surface area contributed by atoms with Crippen LogP contribution in [0.15, 0.2) is 62.5 Å². The summed E-state index contributed by atoms with van der Waals surface area (Å²) in [5.74, 6) is 1.81. The van der Waals surface area contributed by atoms with Gasteiger partial charge < -0.3 is 19.7 Å². The van der Waals surface area contributed by atoms with E-state index < -0.39 is 0 Å². The molecule has 0 unspecified atom stereocenters. The Morgan fingerprint density at radius 1 is 1.17 bits per heavy atom. The predicted molar refractivity (Wildman–Crippen MR) is 107 cm³/mol. The molecule has 0 radical (unpaired) electrons. The number of nitrogens with zero attached hydrogens (tertiary/aromatic N) is 3.